The summed E-state index contributed by atoms with van der Waals surface area (Å²) in [7, 11) is 1.94. The second-order valence-corrected chi connectivity index (χ2v) is 6.95. The van der Waals surface area contributed by atoms with Crippen LogP contribution < -0.4 is 10.7 Å². The number of anilines is 1. The van der Waals surface area contributed by atoms with Gasteiger partial charge in [0, 0.05) is 11.4 Å². The van der Waals surface area contributed by atoms with Crippen molar-refractivity contribution in [3.63, 3.8) is 0 Å². The quantitative estimate of drug-likeness (QED) is 0.527. The van der Waals surface area contributed by atoms with E-state index in [9.17, 15) is 0 Å². The first-order valence-corrected chi connectivity index (χ1v) is 8.76. The first-order valence-electron chi connectivity index (χ1n) is 7.94. The maximum atomic E-state index is 4.35. The van der Waals surface area contributed by atoms with Gasteiger partial charge in [-0.15, -0.1) is 11.3 Å². The van der Waals surface area contributed by atoms with Crippen LogP contribution in [-0.4, -0.2) is 23.2 Å². The Morgan fingerprint density at radius 1 is 1.21 bits per heavy atom. The van der Waals surface area contributed by atoms with Gasteiger partial charge in [-0.1, -0.05) is 38.1 Å². The van der Waals surface area contributed by atoms with E-state index in [-0.39, 0.29) is 0 Å². The Bertz CT molecular complexity index is 836. The Hall–Kier alpha value is -2.31. The van der Waals surface area contributed by atoms with Crippen molar-refractivity contribution in [2.24, 2.45) is 5.10 Å². The number of hydrogen-bond donors (Lipinski definition) is 2. The summed E-state index contributed by atoms with van der Waals surface area (Å²) in [6, 6.07) is 10.4. The molecule has 2 N–H and O–H groups in total. The van der Waals surface area contributed by atoms with Gasteiger partial charge in [-0.3, -0.25) is 5.43 Å². The van der Waals surface area contributed by atoms with Crippen molar-refractivity contribution in [3.05, 3.63) is 52.7 Å². The lowest BCUT2D eigenvalue weighted by molar-refractivity contribution is 0.818. The fourth-order valence-electron chi connectivity index (χ4n) is 2.34. The average Bonchev–Trinajstić information content (AvgIpc) is 3.02. The summed E-state index contributed by atoms with van der Waals surface area (Å²) in [5.41, 5.74) is 5.33. The summed E-state index contributed by atoms with van der Waals surface area (Å²) < 4.78 is 0. The Kier molecular flexibility index (Phi) is 5.17. The first kappa shape index (κ1) is 16.5. The summed E-state index contributed by atoms with van der Waals surface area (Å²) in [6.07, 6.45) is 3.38. The molecule has 124 valence electrons. The first-order chi connectivity index (χ1) is 11.7. The second-order valence-electron chi connectivity index (χ2n) is 5.89. The lowest BCUT2D eigenvalue weighted by atomic mass is 10.1. The number of hydrazone groups is 1. The fraction of sp³-hybridized carbons (Fsp3) is 0.278. The van der Waals surface area contributed by atoms with Crippen molar-refractivity contribution < 1.29 is 0 Å². The zero-order valence-electron chi connectivity index (χ0n) is 14.1. The van der Waals surface area contributed by atoms with Crippen LogP contribution >= 0.6 is 11.3 Å². The summed E-state index contributed by atoms with van der Waals surface area (Å²) in [4.78, 5) is 11.0. The van der Waals surface area contributed by atoms with E-state index in [1.165, 1.54) is 10.4 Å². The maximum Gasteiger partial charge on any atom is 0.158 e. The molecule has 0 saturated heterocycles. The SMILES string of the molecule is CNCc1ccc(C=NNc2ncnc3sc(C(C)C)cc23)cc1. The molecule has 3 rings (SSSR count). The van der Waals surface area contributed by atoms with E-state index in [1.54, 1.807) is 23.9 Å². The van der Waals surface area contributed by atoms with Gasteiger partial charge < -0.3 is 5.32 Å². The van der Waals surface area contributed by atoms with Crippen LogP contribution in [0.3, 0.4) is 0 Å². The van der Waals surface area contributed by atoms with Gasteiger partial charge in [0.25, 0.3) is 0 Å². The lowest BCUT2D eigenvalue weighted by Crippen LogP contribution is -2.04. The topological polar surface area (TPSA) is 62.2 Å². The minimum absolute atomic E-state index is 0.483. The van der Waals surface area contributed by atoms with E-state index in [1.807, 2.05) is 7.05 Å². The van der Waals surface area contributed by atoms with E-state index in [0.29, 0.717) is 5.92 Å². The molecule has 5 nitrogen and oxygen atoms in total. The van der Waals surface area contributed by atoms with Crippen molar-refractivity contribution in [2.75, 3.05) is 12.5 Å². The number of rotatable bonds is 6. The Morgan fingerprint density at radius 2 is 2.00 bits per heavy atom. The molecule has 0 radical (unpaired) electrons. The number of nitrogens with zero attached hydrogens (tertiary/aromatic N) is 3. The largest absolute Gasteiger partial charge is 0.316 e. The average molecular weight is 339 g/mol. The molecule has 0 amide bonds. The second kappa shape index (κ2) is 7.51. The predicted octanol–water partition coefficient (Wildman–Crippen LogP) is 3.98. The molecule has 0 aliphatic carbocycles. The van der Waals surface area contributed by atoms with Gasteiger partial charge in [0.2, 0.25) is 0 Å². The molecule has 0 unspecified atom stereocenters. The van der Waals surface area contributed by atoms with Crippen LogP contribution in [0.4, 0.5) is 5.82 Å². The molecule has 0 bridgehead atoms. The number of thiophene rings is 1. The molecule has 2 aromatic heterocycles. The molecule has 6 heteroatoms. The third-order valence-corrected chi connectivity index (χ3v) is 5.01. The van der Waals surface area contributed by atoms with Crippen molar-refractivity contribution in [2.45, 2.75) is 26.3 Å². The molecule has 0 atom stereocenters. The molecule has 2 heterocycles. The molecule has 0 saturated carbocycles. The Balaban J connectivity index is 1.75. The van der Waals surface area contributed by atoms with Crippen molar-refractivity contribution >= 4 is 33.6 Å². The predicted molar refractivity (Wildman–Crippen MR) is 102 cm³/mol. The van der Waals surface area contributed by atoms with Crippen molar-refractivity contribution in [3.8, 4) is 0 Å². The van der Waals surface area contributed by atoms with Gasteiger partial charge in [-0.05, 0) is 30.2 Å². The van der Waals surface area contributed by atoms with Crippen LogP contribution in [-0.2, 0) is 6.54 Å². The lowest BCUT2D eigenvalue weighted by Gasteiger charge is -2.01. The van der Waals surface area contributed by atoms with E-state index in [2.05, 4.69) is 70.0 Å². The smallest absolute Gasteiger partial charge is 0.158 e. The molecule has 0 aliphatic heterocycles. The van der Waals surface area contributed by atoms with E-state index < -0.39 is 0 Å². The molecule has 0 aliphatic rings. The van der Waals surface area contributed by atoms with Crippen LogP contribution in [0.25, 0.3) is 10.2 Å². The Labute approximate surface area is 145 Å². The molecular weight excluding hydrogens is 318 g/mol. The number of benzene rings is 1. The van der Waals surface area contributed by atoms with E-state index in [4.69, 9.17) is 0 Å². The Morgan fingerprint density at radius 3 is 2.71 bits per heavy atom. The van der Waals surface area contributed by atoms with Crippen molar-refractivity contribution in [1.29, 1.82) is 0 Å². The minimum atomic E-state index is 0.483. The number of nitrogens with one attached hydrogen (secondary N) is 2. The van der Waals surface area contributed by atoms with E-state index in [0.717, 1.165) is 28.1 Å². The molecule has 0 spiro atoms. The number of hydrogen-bond acceptors (Lipinski definition) is 6. The number of fused-ring (bicyclic) bond motifs is 1. The highest BCUT2D eigenvalue weighted by Gasteiger charge is 2.10. The third kappa shape index (κ3) is 3.77. The van der Waals surface area contributed by atoms with Gasteiger partial charge in [-0.25, -0.2) is 9.97 Å². The third-order valence-electron chi connectivity index (χ3n) is 3.66. The van der Waals surface area contributed by atoms with Crippen LogP contribution in [0.15, 0.2) is 41.8 Å². The summed E-state index contributed by atoms with van der Waals surface area (Å²) in [6.45, 7) is 5.23. The maximum absolute atomic E-state index is 4.35. The van der Waals surface area contributed by atoms with Crippen LogP contribution in [0.2, 0.25) is 0 Å². The van der Waals surface area contributed by atoms with Crippen LogP contribution in [0.1, 0.15) is 35.8 Å². The van der Waals surface area contributed by atoms with Gasteiger partial charge in [0.1, 0.15) is 11.2 Å². The molecule has 1 aromatic carbocycles. The molecular formula is C18H21N5S. The van der Waals surface area contributed by atoms with Gasteiger partial charge in [-0.2, -0.15) is 5.10 Å². The minimum Gasteiger partial charge on any atom is -0.316 e. The summed E-state index contributed by atoms with van der Waals surface area (Å²) >= 11 is 1.71. The fourth-order valence-corrected chi connectivity index (χ4v) is 3.34. The number of aromatic nitrogens is 2. The summed E-state index contributed by atoms with van der Waals surface area (Å²) in [5, 5.41) is 8.47. The highest BCUT2D eigenvalue weighted by Crippen LogP contribution is 2.32. The van der Waals surface area contributed by atoms with Gasteiger partial charge >= 0.3 is 0 Å². The summed E-state index contributed by atoms with van der Waals surface area (Å²) in [5.74, 6) is 1.22. The normalized spacial score (nSPS) is 11.7. The van der Waals surface area contributed by atoms with Gasteiger partial charge in [0.15, 0.2) is 5.82 Å². The van der Waals surface area contributed by atoms with Crippen LogP contribution in [0.5, 0.6) is 0 Å². The van der Waals surface area contributed by atoms with Crippen molar-refractivity contribution in [1.82, 2.24) is 15.3 Å². The van der Waals surface area contributed by atoms with E-state index >= 15 is 0 Å². The zero-order valence-corrected chi connectivity index (χ0v) is 14.9. The molecule has 24 heavy (non-hydrogen) atoms. The highest BCUT2D eigenvalue weighted by atomic mass is 32.1. The standard InChI is InChI=1S/C18H21N5S/c1-12(2)16-8-15-17(20-11-21-18(15)24-16)23-22-10-14-6-4-13(5-7-14)9-19-3/h4-8,10-12,19H,9H2,1-3H3,(H,20,21,23). The van der Waals surface area contributed by atoms with Gasteiger partial charge in [0.05, 0.1) is 11.6 Å². The molecule has 3 aromatic rings. The van der Waals surface area contributed by atoms with Crippen LogP contribution in [0, 0.1) is 0 Å². The zero-order chi connectivity index (χ0) is 16.9. The molecule has 0 fully saturated rings. The monoisotopic (exact) mass is 339 g/mol. The highest BCUT2D eigenvalue weighted by molar-refractivity contribution is 7.18.